The second-order valence-corrected chi connectivity index (χ2v) is 2.73. The SMILES string of the molecule is CNC(=O)Nc1ncnc2[nH]c(=O)[nH]c12. The van der Waals surface area contributed by atoms with Crippen LogP contribution in [0.25, 0.3) is 11.2 Å². The zero-order valence-corrected chi connectivity index (χ0v) is 7.79. The number of aromatic amines is 2. The van der Waals surface area contributed by atoms with Gasteiger partial charge in [-0.25, -0.2) is 19.6 Å². The number of carbonyl (C=O) groups is 1. The number of imidazole rings is 1. The molecule has 0 spiro atoms. The van der Waals surface area contributed by atoms with Crippen LogP contribution in [0.4, 0.5) is 10.6 Å². The summed E-state index contributed by atoms with van der Waals surface area (Å²) in [7, 11) is 1.48. The standard InChI is InChI=1S/C7H8N6O2/c1-8-6(14)12-4-3-5(10-2-9-4)13-7(15)11-3/h2H,1H3,(H4,8,9,10,11,12,13,14,15). The van der Waals surface area contributed by atoms with E-state index in [2.05, 4.69) is 30.6 Å². The lowest BCUT2D eigenvalue weighted by Crippen LogP contribution is -2.25. The van der Waals surface area contributed by atoms with E-state index >= 15 is 0 Å². The fourth-order valence-corrected chi connectivity index (χ4v) is 1.12. The minimum Gasteiger partial charge on any atom is -0.341 e. The van der Waals surface area contributed by atoms with Gasteiger partial charge in [0.05, 0.1) is 0 Å². The van der Waals surface area contributed by atoms with Gasteiger partial charge in [-0.05, 0) is 0 Å². The van der Waals surface area contributed by atoms with E-state index in [0.717, 1.165) is 0 Å². The number of urea groups is 1. The molecule has 8 heteroatoms. The molecule has 0 saturated heterocycles. The van der Waals surface area contributed by atoms with E-state index in [1.807, 2.05) is 0 Å². The Bertz CT molecular complexity index is 556. The first-order chi connectivity index (χ1) is 7.20. The zero-order valence-electron chi connectivity index (χ0n) is 7.79. The number of amides is 2. The van der Waals surface area contributed by atoms with Gasteiger partial charge in [0, 0.05) is 7.05 Å². The van der Waals surface area contributed by atoms with E-state index in [-0.39, 0.29) is 5.82 Å². The van der Waals surface area contributed by atoms with Crippen LogP contribution in [-0.4, -0.2) is 33.0 Å². The molecule has 2 amide bonds. The highest BCUT2D eigenvalue weighted by Crippen LogP contribution is 2.12. The van der Waals surface area contributed by atoms with Crippen molar-refractivity contribution in [2.45, 2.75) is 0 Å². The van der Waals surface area contributed by atoms with Crippen molar-refractivity contribution in [1.29, 1.82) is 0 Å². The molecule has 2 aromatic heterocycles. The number of nitrogens with one attached hydrogen (secondary N) is 4. The van der Waals surface area contributed by atoms with Gasteiger partial charge < -0.3 is 10.3 Å². The van der Waals surface area contributed by atoms with Crippen molar-refractivity contribution in [3.63, 3.8) is 0 Å². The molecule has 0 aromatic carbocycles. The molecule has 0 aliphatic heterocycles. The van der Waals surface area contributed by atoms with E-state index < -0.39 is 11.7 Å². The summed E-state index contributed by atoms with van der Waals surface area (Å²) in [4.78, 5) is 34.6. The van der Waals surface area contributed by atoms with Gasteiger partial charge in [-0.15, -0.1) is 0 Å². The normalized spacial score (nSPS) is 10.2. The molecule has 4 N–H and O–H groups in total. The molecular weight excluding hydrogens is 200 g/mol. The first kappa shape index (κ1) is 9.19. The Morgan fingerprint density at radius 2 is 2.20 bits per heavy atom. The summed E-state index contributed by atoms with van der Waals surface area (Å²) >= 11 is 0. The van der Waals surface area contributed by atoms with Crippen LogP contribution in [0.5, 0.6) is 0 Å². The lowest BCUT2D eigenvalue weighted by molar-refractivity contribution is 0.254. The summed E-state index contributed by atoms with van der Waals surface area (Å²) in [5.41, 5.74) is 0.318. The monoisotopic (exact) mass is 208 g/mol. The van der Waals surface area contributed by atoms with E-state index in [1.54, 1.807) is 0 Å². The predicted octanol–water partition coefficient (Wildman–Crippen LogP) is -0.603. The van der Waals surface area contributed by atoms with E-state index in [4.69, 9.17) is 0 Å². The lowest BCUT2D eigenvalue weighted by Gasteiger charge is -2.02. The van der Waals surface area contributed by atoms with Crippen molar-refractivity contribution in [2.24, 2.45) is 0 Å². The summed E-state index contributed by atoms with van der Waals surface area (Å²) < 4.78 is 0. The number of aromatic nitrogens is 4. The fraction of sp³-hybridized carbons (Fsp3) is 0.143. The summed E-state index contributed by atoms with van der Waals surface area (Å²) in [6.07, 6.45) is 1.25. The largest absolute Gasteiger partial charge is 0.341 e. The number of hydrogen-bond donors (Lipinski definition) is 4. The summed E-state index contributed by atoms with van der Waals surface area (Å²) in [6, 6.07) is -0.419. The third-order valence-corrected chi connectivity index (χ3v) is 1.78. The molecule has 0 fully saturated rings. The fourth-order valence-electron chi connectivity index (χ4n) is 1.12. The quantitative estimate of drug-likeness (QED) is 0.500. The zero-order chi connectivity index (χ0) is 10.8. The first-order valence-electron chi connectivity index (χ1n) is 4.12. The Balaban J connectivity index is 2.50. The Kier molecular flexibility index (Phi) is 2.08. The molecule has 0 saturated carbocycles. The third-order valence-electron chi connectivity index (χ3n) is 1.78. The minimum absolute atomic E-state index is 0.248. The van der Waals surface area contributed by atoms with Gasteiger partial charge in [-0.3, -0.25) is 10.3 Å². The maximum atomic E-state index is 11.0. The topological polar surface area (TPSA) is 116 Å². The number of rotatable bonds is 1. The van der Waals surface area contributed by atoms with Gasteiger partial charge in [0.15, 0.2) is 11.5 Å². The van der Waals surface area contributed by atoms with Crippen LogP contribution in [0.3, 0.4) is 0 Å². The van der Waals surface area contributed by atoms with Crippen LogP contribution in [0, 0.1) is 0 Å². The number of anilines is 1. The molecule has 2 aromatic rings. The van der Waals surface area contributed by atoms with Crippen molar-refractivity contribution >= 4 is 23.0 Å². The van der Waals surface area contributed by atoms with Crippen molar-refractivity contribution < 1.29 is 4.79 Å². The molecule has 0 unspecified atom stereocenters. The van der Waals surface area contributed by atoms with Crippen LogP contribution in [-0.2, 0) is 0 Å². The third kappa shape index (κ3) is 1.64. The second kappa shape index (κ2) is 3.40. The van der Waals surface area contributed by atoms with Crippen molar-refractivity contribution in [3.8, 4) is 0 Å². The highest BCUT2D eigenvalue weighted by Gasteiger charge is 2.08. The molecule has 0 radical (unpaired) electrons. The highest BCUT2D eigenvalue weighted by atomic mass is 16.2. The average molecular weight is 208 g/mol. The lowest BCUT2D eigenvalue weighted by atomic mass is 10.5. The molecule has 0 bridgehead atoms. The first-order valence-corrected chi connectivity index (χ1v) is 4.12. The molecule has 0 aliphatic rings. The van der Waals surface area contributed by atoms with E-state index in [0.29, 0.717) is 11.2 Å². The van der Waals surface area contributed by atoms with Crippen molar-refractivity contribution in [2.75, 3.05) is 12.4 Å². The van der Waals surface area contributed by atoms with E-state index in [9.17, 15) is 9.59 Å². The maximum Gasteiger partial charge on any atom is 0.325 e. The number of fused-ring (bicyclic) bond motifs is 1. The molecule has 0 atom stereocenters. The Morgan fingerprint density at radius 3 is 2.93 bits per heavy atom. The van der Waals surface area contributed by atoms with Crippen LogP contribution in [0.2, 0.25) is 0 Å². The average Bonchev–Trinajstić information content (AvgIpc) is 2.59. The predicted molar refractivity (Wildman–Crippen MR) is 52.6 cm³/mol. The number of H-pyrrole nitrogens is 2. The molecule has 15 heavy (non-hydrogen) atoms. The van der Waals surface area contributed by atoms with Crippen LogP contribution in [0.1, 0.15) is 0 Å². The second-order valence-electron chi connectivity index (χ2n) is 2.73. The summed E-state index contributed by atoms with van der Waals surface area (Å²) in [5, 5.41) is 4.83. The van der Waals surface area contributed by atoms with Crippen molar-refractivity contribution in [3.05, 3.63) is 16.8 Å². The van der Waals surface area contributed by atoms with Crippen LogP contribution in [0.15, 0.2) is 11.1 Å². The summed E-state index contributed by atoms with van der Waals surface area (Å²) in [6.45, 7) is 0. The Labute approximate surface area is 83.1 Å². The highest BCUT2D eigenvalue weighted by molar-refractivity contribution is 5.95. The maximum absolute atomic E-state index is 11.0. The van der Waals surface area contributed by atoms with Gasteiger partial charge in [-0.1, -0.05) is 0 Å². The van der Waals surface area contributed by atoms with Gasteiger partial charge in [0.25, 0.3) is 0 Å². The van der Waals surface area contributed by atoms with Gasteiger partial charge in [-0.2, -0.15) is 0 Å². The van der Waals surface area contributed by atoms with Crippen molar-refractivity contribution in [1.82, 2.24) is 25.3 Å². The van der Waals surface area contributed by atoms with E-state index in [1.165, 1.54) is 13.4 Å². The number of nitrogens with zero attached hydrogens (tertiary/aromatic N) is 2. The molecular formula is C7H8N6O2. The number of carbonyl (C=O) groups excluding carboxylic acids is 1. The smallest absolute Gasteiger partial charge is 0.325 e. The minimum atomic E-state index is -0.419. The van der Waals surface area contributed by atoms with Gasteiger partial charge in [0.1, 0.15) is 11.8 Å². The molecule has 78 valence electrons. The molecule has 2 rings (SSSR count). The summed E-state index contributed by atoms with van der Waals surface area (Å²) in [5.74, 6) is 0.248. The van der Waals surface area contributed by atoms with Crippen LogP contribution >= 0.6 is 0 Å². The van der Waals surface area contributed by atoms with Gasteiger partial charge in [0.2, 0.25) is 0 Å². The molecule has 2 heterocycles. The number of hydrogen-bond acceptors (Lipinski definition) is 4. The Hall–Kier alpha value is -2.38. The Morgan fingerprint density at radius 1 is 1.40 bits per heavy atom. The molecule has 0 aliphatic carbocycles. The molecule has 8 nitrogen and oxygen atoms in total. The van der Waals surface area contributed by atoms with Crippen LogP contribution < -0.4 is 16.3 Å². The van der Waals surface area contributed by atoms with Gasteiger partial charge >= 0.3 is 11.7 Å².